The summed E-state index contributed by atoms with van der Waals surface area (Å²) in [5.41, 5.74) is 0. The van der Waals surface area contributed by atoms with Crippen LogP contribution in [0.15, 0.2) is 17.5 Å². The highest BCUT2D eigenvalue weighted by atomic mass is 32.1. The van der Waals surface area contributed by atoms with E-state index in [0.717, 1.165) is 19.0 Å². The Bertz CT molecular complexity index is 321. The molecular weight excluding hydrogens is 228 g/mol. The van der Waals surface area contributed by atoms with E-state index in [-0.39, 0.29) is 0 Å². The molecule has 1 aromatic heterocycles. The Morgan fingerprint density at radius 1 is 1.53 bits per heavy atom. The first-order valence-corrected chi connectivity index (χ1v) is 7.61. The van der Waals surface area contributed by atoms with Gasteiger partial charge >= 0.3 is 0 Å². The van der Waals surface area contributed by atoms with Crippen molar-refractivity contribution in [2.75, 3.05) is 19.6 Å². The van der Waals surface area contributed by atoms with Crippen molar-refractivity contribution in [2.24, 2.45) is 5.92 Å². The fourth-order valence-electron chi connectivity index (χ4n) is 2.83. The van der Waals surface area contributed by atoms with Gasteiger partial charge in [0.15, 0.2) is 0 Å². The van der Waals surface area contributed by atoms with Crippen LogP contribution < -0.4 is 5.32 Å². The van der Waals surface area contributed by atoms with Gasteiger partial charge in [-0.15, -0.1) is 11.3 Å². The molecule has 1 aliphatic heterocycles. The van der Waals surface area contributed by atoms with E-state index < -0.39 is 0 Å². The molecule has 96 valence electrons. The van der Waals surface area contributed by atoms with Crippen LogP contribution in [0, 0.1) is 5.92 Å². The van der Waals surface area contributed by atoms with E-state index in [2.05, 4.69) is 48.5 Å². The zero-order valence-electron chi connectivity index (χ0n) is 11.1. The molecule has 0 radical (unpaired) electrons. The largest absolute Gasteiger partial charge is 0.314 e. The SMILES string of the molecule is CCC(c1cccs1)N1CCNCC1C(C)C. The Balaban J connectivity index is 2.16. The molecule has 0 aromatic carbocycles. The van der Waals surface area contributed by atoms with E-state index in [1.807, 2.05) is 11.3 Å². The van der Waals surface area contributed by atoms with Crippen molar-refractivity contribution >= 4 is 11.3 Å². The van der Waals surface area contributed by atoms with E-state index in [1.54, 1.807) is 0 Å². The van der Waals surface area contributed by atoms with Crippen molar-refractivity contribution in [2.45, 2.75) is 39.3 Å². The first kappa shape index (κ1) is 13.1. The van der Waals surface area contributed by atoms with E-state index in [4.69, 9.17) is 0 Å². The molecule has 2 rings (SSSR count). The zero-order chi connectivity index (χ0) is 12.3. The van der Waals surface area contributed by atoms with Gasteiger partial charge in [0.25, 0.3) is 0 Å². The van der Waals surface area contributed by atoms with Crippen molar-refractivity contribution in [3.05, 3.63) is 22.4 Å². The maximum atomic E-state index is 3.53. The average Bonchev–Trinajstić information content (AvgIpc) is 2.84. The van der Waals surface area contributed by atoms with E-state index in [9.17, 15) is 0 Å². The second-order valence-corrected chi connectivity index (χ2v) is 6.17. The molecule has 1 fully saturated rings. The Hall–Kier alpha value is -0.380. The Morgan fingerprint density at radius 3 is 2.94 bits per heavy atom. The zero-order valence-corrected chi connectivity index (χ0v) is 12.0. The van der Waals surface area contributed by atoms with Gasteiger partial charge in [0.2, 0.25) is 0 Å². The van der Waals surface area contributed by atoms with Crippen molar-refractivity contribution in [3.8, 4) is 0 Å². The van der Waals surface area contributed by atoms with Gasteiger partial charge in [0.05, 0.1) is 0 Å². The highest BCUT2D eigenvalue weighted by Gasteiger charge is 2.30. The van der Waals surface area contributed by atoms with Gasteiger partial charge in [-0.3, -0.25) is 4.90 Å². The highest BCUT2D eigenvalue weighted by Crippen LogP contribution is 2.31. The van der Waals surface area contributed by atoms with Crippen LogP contribution in [0.5, 0.6) is 0 Å². The van der Waals surface area contributed by atoms with Crippen LogP contribution in [0.25, 0.3) is 0 Å². The lowest BCUT2D eigenvalue weighted by Gasteiger charge is -2.43. The van der Waals surface area contributed by atoms with Crippen LogP contribution in [0.1, 0.15) is 38.1 Å². The van der Waals surface area contributed by atoms with Crippen LogP contribution >= 0.6 is 11.3 Å². The molecule has 2 unspecified atom stereocenters. The Labute approximate surface area is 109 Å². The summed E-state index contributed by atoms with van der Waals surface area (Å²) >= 11 is 1.90. The normalized spacial score (nSPS) is 24.1. The second kappa shape index (κ2) is 5.98. The first-order chi connectivity index (χ1) is 8.24. The average molecular weight is 252 g/mol. The summed E-state index contributed by atoms with van der Waals surface area (Å²) in [4.78, 5) is 4.24. The predicted molar refractivity (Wildman–Crippen MR) is 75.6 cm³/mol. The summed E-state index contributed by atoms with van der Waals surface area (Å²) in [5.74, 6) is 0.719. The number of thiophene rings is 1. The third-order valence-corrected chi connectivity index (χ3v) is 4.73. The van der Waals surface area contributed by atoms with Gasteiger partial charge in [0.1, 0.15) is 0 Å². The van der Waals surface area contributed by atoms with Crippen LogP contribution in [0.3, 0.4) is 0 Å². The maximum Gasteiger partial charge on any atom is 0.0443 e. The van der Waals surface area contributed by atoms with Gasteiger partial charge in [-0.1, -0.05) is 26.8 Å². The molecule has 0 bridgehead atoms. The topological polar surface area (TPSA) is 15.3 Å². The molecule has 0 spiro atoms. The van der Waals surface area contributed by atoms with E-state index in [1.165, 1.54) is 17.8 Å². The monoisotopic (exact) mass is 252 g/mol. The van der Waals surface area contributed by atoms with Crippen LogP contribution in [-0.4, -0.2) is 30.6 Å². The molecule has 3 heteroatoms. The standard InChI is InChI=1S/C14H24N2S/c1-4-12(14-6-5-9-17-14)16-8-7-15-10-13(16)11(2)3/h5-6,9,11-13,15H,4,7-8,10H2,1-3H3. The third kappa shape index (κ3) is 2.90. The van der Waals surface area contributed by atoms with E-state index in [0.29, 0.717) is 12.1 Å². The minimum absolute atomic E-state index is 0.615. The van der Waals surface area contributed by atoms with Gasteiger partial charge in [-0.2, -0.15) is 0 Å². The Kier molecular flexibility index (Phi) is 4.60. The summed E-state index contributed by atoms with van der Waals surface area (Å²) in [5, 5.41) is 5.73. The quantitative estimate of drug-likeness (QED) is 0.885. The minimum Gasteiger partial charge on any atom is -0.314 e. The second-order valence-electron chi connectivity index (χ2n) is 5.19. The molecule has 1 N–H and O–H groups in total. The molecule has 0 aliphatic carbocycles. The molecule has 0 saturated carbocycles. The number of nitrogens with zero attached hydrogens (tertiary/aromatic N) is 1. The maximum absolute atomic E-state index is 3.53. The minimum atomic E-state index is 0.615. The third-order valence-electron chi connectivity index (χ3n) is 3.75. The predicted octanol–water partition coefficient (Wildman–Crippen LogP) is 3.13. The molecule has 1 aliphatic rings. The van der Waals surface area contributed by atoms with Crippen LogP contribution in [0.2, 0.25) is 0 Å². The molecule has 0 amide bonds. The van der Waals surface area contributed by atoms with Gasteiger partial charge in [0, 0.05) is 36.6 Å². The lowest BCUT2D eigenvalue weighted by atomic mass is 9.97. The molecule has 2 heterocycles. The van der Waals surface area contributed by atoms with Crippen LogP contribution in [-0.2, 0) is 0 Å². The molecule has 1 saturated heterocycles. The summed E-state index contributed by atoms with van der Waals surface area (Å²) in [6.45, 7) is 10.4. The van der Waals surface area contributed by atoms with Gasteiger partial charge < -0.3 is 5.32 Å². The van der Waals surface area contributed by atoms with Crippen molar-refractivity contribution in [3.63, 3.8) is 0 Å². The summed E-state index contributed by atoms with van der Waals surface area (Å²) in [6.07, 6.45) is 1.21. The number of piperazine rings is 1. The van der Waals surface area contributed by atoms with Crippen molar-refractivity contribution in [1.29, 1.82) is 0 Å². The Morgan fingerprint density at radius 2 is 2.35 bits per heavy atom. The van der Waals surface area contributed by atoms with Crippen molar-refractivity contribution in [1.82, 2.24) is 10.2 Å². The summed E-state index contributed by atoms with van der Waals surface area (Å²) in [7, 11) is 0. The highest BCUT2D eigenvalue weighted by molar-refractivity contribution is 7.10. The number of hydrogen-bond acceptors (Lipinski definition) is 3. The fourth-order valence-corrected chi connectivity index (χ4v) is 3.76. The molecule has 2 atom stereocenters. The smallest absolute Gasteiger partial charge is 0.0443 e. The summed E-state index contributed by atoms with van der Waals surface area (Å²) in [6, 6.07) is 5.76. The fraction of sp³-hybridized carbons (Fsp3) is 0.714. The van der Waals surface area contributed by atoms with E-state index >= 15 is 0 Å². The van der Waals surface area contributed by atoms with Gasteiger partial charge in [-0.05, 0) is 23.8 Å². The molecule has 2 nitrogen and oxygen atoms in total. The van der Waals surface area contributed by atoms with Crippen molar-refractivity contribution < 1.29 is 0 Å². The molecule has 17 heavy (non-hydrogen) atoms. The first-order valence-electron chi connectivity index (χ1n) is 6.74. The lowest BCUT2D eigenvalue weighted by Crippen LogP contribution is -2.54. The molecule has 1 aromatic rings. The number of hydrogen-bond donors (Lipinski definition) is 1. The summed E-state index contributed by atoms with van der Waals surface area (Å²) < 4.78 is 0. The lowest BCUT2D eigenvalue weighted by molar-refractivity contribution is 0.0757. The molecular formula is C14H24N2S. The van der Waals surface area contributed by atoms with Crippen LogP contribution in [0.4, 0.5) is 0 Å². The van der Waals surface area contributed by atoms with Gasteiger partial charge in [-0.25, -0.2) is 0 Å². The number of nitrogens with one attached hydrogen (secondary N) is 1. The number of rotatable bonds is 4.